The Morgan fingerprint density at radius 3 is 2.10 bits per heavy atom. The Bertz CT molecular complexity index is 573. The van der Waals surface area contributed by atoms with E-state index in [2.05, 4.69) is 26.0 Å². The fraction of sp³-hybridized carbons (Fsp3) is 0.368. The summed E-state index contributed by atoms with van der Waals surface area (Å²) in [4.78, 5) is 0. The molecule has 0 radical (unpaired) electrons. The molecule has 2 nitrogen and oxygen atoms in total. The van der Waals surface area contributed by atoms with Crippen LogP contribution in [0.2, 0.25) is 0 Å². The molecule has 0 saturated carbocycles. The molecular formula is C19H24O2. The minimum Gasteiger partial charge on any atom is -0.491 e. The third kappa shape index (κ3) is 3.45. The highest BCUT2D eigenvalue weighted by molar-refractivity contribution is 5.39. The van der Waals surface area contributed by atoms with Crippen LogP contribution in [0.4, 0.5) is 0 Å². The van der Waals surface area contributed by atoms with Gasteiger partial charge >= 0.3 is 0 Å². The first kappa shape index (κ1) is 15.6. The van der Waals surface area contributed by atoms with Crippen molar-refractivity contribution < 1.29 is 9.84 Å². The molecule has 2 rings (SSSR count). The number of ether oxygens (including phenoxy) is 1. The maximum absolute atomic E-state index is 10.9. The number of aliphatic hydroxyl groups is 1. The molecule has 0 spiro atoms. The highest BCUT2D eigenvalue weighted by Crippen LogP contribution is 2.40. The van der Waals surface area contributed by atoms with E-state index in [1.165, 1.54) is 0 Å². The molecular weight excluding hydrogens is 260 g/mol. The minimum atomic E-state index is -0.630. The number of rotatable bonds is 5. The Kier molecular flexibility index (Phi) is 4.69. The highest BCUT2D eigenvalue weighted by atomic mass is 16.5. The largest absolute Gasteiger partial charge is 0.491 e. The Morgan fingerprint density at radius 1 is 0.905 bits per heavy atom. The van der Waals surface area contributed by atoms with Gasteiger partial charge in [0.05, 0.1) is 12.2 Å². The molecule has 0 bridgehead atoms. The van der Waals surface area contributed by atoms with E-state index in [1.807, 2.05) is 56.3 Å². The minimum absolute atomic E-state index is 0.0817. The van der Waals surface area contributed by atoms with Gasteiger partial charge in [-0.25, -0.2) is 0 Å². The first-order valence-electron chi connectivity index (χ1n) is 7.42. The van der Waals surface area contributed by atoms with Gasteiger partial charge in [0.15, 0.2) is 0 Å². The zero-order chi connectivity index (χ0) is 15.5. The van der Waals surface area contributed by atoms with Crippen molar-refractivity contribution in [3.8, 4) is 5.75 Å². The van der Waals surface area contributed by atoms with Gasteiger partial charge in [-0.15, -0.1) is 0 Å². The van der Waals surface area contributed by atoms with Gasteiger partial charge < -0.3 is 9.84 Å². The van der Waals surface area contributed by atoms with Crippen LogP contribution in [0.25, 0.3) is 0 Å². The van der Waals surface area contributed by atoms with Gasteiger partial charge in [0.25, 0.3) is 0 Å². The highest BCUT2D eigenvalue weighted by Gasteiger charge is 2.32. The summed E-state index contributed by atoms with van der Waals surface area (Å²) in [5.41, 5.74) is 1.55. The fourth-order valence-corrected chi connectivity index (χ4v) is 2.48. The zero-order valence-corrected chi connectivity index (χ0v) is 13.2. The molecule has 0 aliphatic heterocycles. The van der Waals surface area contributed by atoms with Gasteiger partial charge in [-0.1, -0.05) is 62.4 Å². The van der Waals surface area contributed by atoms with Crippen molar-refractivity contribution in [3.63, 3.8) is 0 Å². The van der Waals surface area contributed by atoms with Crippen LogP contribution in [0.3, 0.4) is 0 Å². The Balaban J connectivity index is 2.37. The van der Waals surface area contributed by atoms with Crippen molar-refractivity contribution in [2.45, 2.75) is 45.3 Å². The molecule has 2 aromatic rings. The van der Waals surface area contributed by atoms with Crippen molar-refractivity contribution >= 4 is 0 Å². The summed E-state index contributed by atoms with van der Waals surface area (Å²) in [6.07, 6.45) is -0.548. The van der Waals surface area contributed by atoms with Crippen LogP contribution in [0.1, 0.15) is 44.9 Å². The summed E-state index contributed by atoms with van der Waals surface area (Å²) in [6.45, 7) is 8.09. The maximum Gasteiger partial charge on any atom is 0.125 e. The molecule has 0 aromatic heterocycles. The van der Waals surface area contributed by atoms with Crippen LogP contribution in [0.5, 0.6) is 5.75 Å². The molecule has 0 aliphatic carbocycles. The van der Waals surface area contributed by atoms with E-state index in [1.54, 1.807) is 0 Å². The third-order valence-corrected chi connectivity index (χ3v) is 3.78. The van der Waals surface area contributed by atoms with Crippen molar-refractivity contribution in [2.24, 2.45) is 0 Å². The van der Waals surface area contributed by atoms with E-state index < -0.39 is 11.5 Å². The molecule has 0 aliphatic rings. The number of aliphatic hydroxyl groups excluding tert-OH is 1. The van der Waals surface area contributed by atoms with E-state index in [4.69, 9.17) is 4.74 Å². The van der Waals surface area contributed by atoms with Crippen LogP contribution in [0, 0.1) is 0 Å². The van der Waals surface area contributed by atoms with Crippen molar-refractivity contribution in [2.75, 3.05) is 0 Å². The van der Waals surface area contributed by atoms with Gasteiger partial charge in [-0.3, -0.25) is 0 Å². The summed E-state index contributed by atoms with van der Waals surface area (Å²) in [5.74, 6) is 0.754. The van der Waals surface area contributed by atoms with Crippen LogP contribution in [0.15, 0.2) is 54.6 Å². The lowest BCUT2D eigenvalue weighted by Gasteiger charge is -2.32. The third-order valence-electron chi connectivity index (χ3n) is 3.78. The molecule has 0 fully saturated rings. The number of benzene rings is 2. The second-order valence-electron chi connectivity index (χ2n) is 6.19. The van der Waals surface area contributed by atoms with Crippen LogP contribution < -0.4 is 4.74 Å². The molecule has 112 valence electrons. The molecule has 1 unspecified atom stereocenters. The van der Waals surface area contributed by atoms with Gasteiger partial charge in [-0.05, 0) is 25.5 Å². The summed E-state index contributed by atoms with van der Waals surface area (Å²) < 4.78 is 5.84. The molecule has 0 saturated heterocycles. The summed E-state index contributed by atoms with van der Waals surface area (Å²) >= 11 is 0. The van der Waals surface area contributed by atoms with Crippen molar-refractivity contribution in [1.82, 2.24) is 0 Å². The first-order chi connectivity index (χ1) is 9.93. The molecule has 1 N–H and O–H groups in total. The number of hydrogen-bond donors (Lipinski definition) is 1. The second kappa shape index (κ2) is 6.31. The number of hydrogen-bond acceptors (Lipinski definition) is 2. The van der Waals surface area contributed by atoms with E-state index >= 15 is 0 Å². The quantitative estimate of drug-likeness (QED) is 0.877. The van der Waals surface area contributed by atoms with E-state index in [0.717, 1.165) is 16.9 Å². The lowest BCUT2D eigenvalue weighted by molar-refractivity contribution is 0.0947. The van der Waals surface area contributed by atoms with Gasteiger partial charge in [0.1, 0.15) is 5.75 Å². The average molecular weight is 284 g/mol. The van der Waals surface area contributed by atoms with E-state index in [-0.39, 0.29) is 6.10 Å². The fourth-order valence-electron chi connectivity index (χ4n) is 2.48. The van der Waals surface area contributed by atoms with Crippen LogP contribution in [-0.4, -0.2) is 11.2 Å². The predicted octanol–water partition coefficient (Wildman–Crippen LogP) is 4.49. The van der Waals surface area contributed by atoms with Gasteiger partial charge in [-0.2, -0.15) is 0 Å². The first-order valence-corrected chi connectivity index (χ1v) is 7.42. The Hall–Kier alpha value is -1.80. The van der Waals surface area contributed by atoms with Crippen LogP contribution in [-0.2, 0) is 5.41 Å². The monoisotopic (exact) mass is 284 g/mol. The normalized spacial score (nSPS) is 13.2. The second-order valence-corrected chi connectivity index (χ2v) is 6.19. The predicted molar refractivity (Wildman–Crippen MR) is 86.6 cm³/mol. The van der Waals surface area contributed by atoms with Gasteiger partial charge in [0.2, 0.25) is 0 Å². The summed E-state index contributed by atoms with van der Waals surface area (Å²) in [7, 11) is 0. The summed E-state index contributed by atoms with van der Waals surface area (Å²) in [6, 6.07) is 17.8. The van der Waals surface area contributed by atoms with Crippen molar-refractivity contribution in [1.29, 1.82) is 0 Å². The summed E-state index contributed by atoms with van der Waals surface area (Å²) in [5, 5.41) is 10.9. The molecule has 21 heavy (non-hydrogen) atoms. The molecule has 2 heteroatoms. The van der Waals surface area contributed by atoms with E-state index in [9.17, 15) is 5.11 Å². The maximum atomic E-state index is 10.9. The standard InChI is InChI=1S/C19H24O2/c1-14(2)21-17-13-9-8-12-16(17)18(20)19(3,4)15-10-6-5-7-11-15/h5-14,18,20H,1-4H3. The zero-order valence-electron chi connectivity index (χ0n) is 13.2. The van der Waals surface area contributed by atoms with Crippen LogP contribution >= 0.6 is 0 Å². The lowest BCUT2D eigenvalue weighted by Crippen LogP contribution is -2.27. The lowest BCUT2D eigenvalue weighted by atomic mass is 9.76. The topological polar surface area (TPSA) is 29.5 Å². The Morgan fingerprint density at radius 2 is 1.48 bits per heavy atom. The Labute approximate surface area is 127 Å². The number of para-hydroxylation sites is 1. The van der Waals surface area contributed by atoms with Gasteiger partial charge in [0, 0.05) is 11.0 Å². The smallest absolute Gasteiger partial charge is 0.125 e. The van der Waals surface area contributed by atoms with E-state index in [0.29, 0.717) is 0 Å². The van der Waals surface area contributed by atoms with Crippen molar-refractivity contribution in [3.05, 3.63) is 65.7 Å². The molecule has 0 heterocycles. The SMILES string of the molecule is CC(C)Oc1ccccc1C(O)C(C)(C)c1ccccc1. The molecule has 2 aromatic carbocycles. The average Bonchev–Trinajstić information content (AvgIpc) is 2.47. The molecule has 0 amide bonds. The molecule has 1 atom stereocenters.